The lowest BCUT2D eigenvalue weighted by Crippen LogP contribution is -2.10. The van der Waals surface area contributed by atoms with E-state index in [-0.39, 0.29) is 6.29 Å². The average molecular weight is 222 g/mol. The molecule has 0 saturated heterocycles. The van der Waals surface area contributed by atoms with Crippen LogP contribution in [0, 0.1) is 5.82 Å². The minimum atomic E-state index is -4.71. The number of hydrogen-bond acceptors (Lipinski definition) is 2. The molecule has 0 N–H and O–H groups in total. The van der Waals surface area contributed by atoms with E-state index < -0.39 is 28.9 Å². The third-order valence-corrected chi connectivity index (χ3v) is 1.76. The van der Waals surface area contributed by atoms with Gasteiger partial charge in [-0.3, -0.25) is 4.79 Å². The molecule has 0 atom stereocenters. The molecule has 0 saturated carbocycles. The van der Waals surface area contributed by atoms with Crippen LogP contribution >= 0.6 is 0 Å². The van der Waals surface area contributed by atoms with Gasteiger partial charge in [0.25, 0.3) is 0 Å². The fraction of sp³-hybridized carbons (Fsp3) is 0.222. The second-order valence-corrected chi connectivity index (χ2v) is 2.69. The molecule has 0 amide bonds. The van der Waals surface area contributed by atoms with Crippen LogP contribution in [0.3, 0.4) is 0 Å². The van der Waals surface area contributed by atoms with Crippen molar-refractivity contribution < 1.29 is 27.1 Å². The summed E-state index contributed by atoms with van der Waals surface area (Å²) in [5.41, 5.74) is -1.96. The summed E-state index contributed by atoms with van der Waals surface area (Å²) in [5, 5.41) is 0. The Kier molecular flexibility index (Phi) is 2.97. The van der Waals surface area contributed by atoms with E-state index in [1.54, 1.807) is 0 Å². The van der Waals surface area contributed by atoms with Crippen molar-refractivity contribution >= 4 is 6.29 Å². The van der Waals surface area contributed by atoms with Gasteiger partial charge < -0.3 is 4.74 Å². The Morgan fingerprint density at radius 1 is 1.33 bits per heavy atom. The fourth-order valence-corrected chi connectivity index (χ4v) is 1.07. The molecule has 0 aromatic heterocycles. The van der Waals surface area contributed by atoms with Gasteiger partial charge in [0.1, 0.15) is 0 Å². The molecule has 0 spiro atoms. The maximum Gasteiger partial charge on any atom is 0.417 e. The van der Waals surface area contributed by atoms with Gasteiger partial charge in [-0.05, 0) is 12.1 Å². The minimum Gasteiger partial charge on any atom is -0.494 e. The Balaban J connectivity index is 3.42. The van der Waals surface area contributed by atoms with E-state index in [0.717, 1.165) is 7.11 Å². The maximum absolute atomic E-state index is 13.0. The van der Waals surface area contributed by atoms with Crippen molar-refractivity contribution in [1.82, 2.24) is 0 Å². The summed E-state index contributed by atoms with van der Waals surface area (Å²) in [4.78, 5) is 10.3. The highest BCUT2D eigenvalue weighted by molar-refractivity contribution is 5.78. The van der Waals surface area contributed by atoms with E-state index in [1.165, 1.54) is 0 Å². The lowest BCUT2D eigenvalue weighted by molar-refractivity contribution is -0.138. The second kappa shape index (κ2) is 3.88. The largest absolute Gasteiger partial charge is 0.494 e. The van der Waals surface area contributed by atoms with Crippen molar-refractivity contribution in [1.29, 1.82) is 0 Å². The number of alkyl halides is 3. The molecule has 82 valence electrons. The number of carbonyl (C=O) groups excluding carboxylic acids is 1. The van der Waals surface area contributed by atoms with Gasteiger partial charge in [-0.1, -0.05) is 0 Å². The van der Waals surface area contributed by atoms with E-state index in [1.807, 2.05) is 0 Å². The van der Waals surface area contributed by atoms with Gasteiger partial charge in [0.15, 0.2) is 17.9 Å². The zero-order valence-electron chi connectivity index (χ0n) is 7.56. The Labute approximate surface area is 82.5 Å². The van der Waals surface area contributed by atoms with Gasteiger partial charge in [0.2, 0.25) is 0 Å². The molecule has 1 rings (SSSR count). The summed E-state index contributed by atoms with van der Waals surface area (Å²) in [5.74, 6) is -1.56. The number of ether oxygens (including phenoxy) is 1. The third-order valence-electron chi connectivity index (χ3n) is 1.76. The van der Waals surface area contributed by atoms with Crippen LogP contribution in [0.2, 0.25) is 0 Å². The predicted molar refractivity (Wildman–Crippen MR) is 43.3 cm³/mol. The van der Waals surface area contributed by atoms with Crippen molar-refractivity contribution in [2.45, 2.75) is 6.18 Å². The first-order valence-electron chi connectivity index (χ1n) is 3.80. The van der Waals surface area contributed by atoms with Crippen LogP contribution in [0.15, 0.2) is 12.1 Å². The molecule has 0 radical (unpaired) electrons. The van der Waals surface area contributed by atoms with E-state index in [2.05, 4.69) is 4.74 Å². The molecular formula is C9H6F4O2. The van der Waals surface area contributed by atoms with Crippen LogP contribution in [-0.4, -0.2) is 13.4 Å². The Morgan fingerprint density at radius 2 is 1.93 bits per heavy atom. The van der Waals surface area contributed by atoms with Crippen molar-refractivity contribution in [3.05, 3.63) is 29.1 Å². The van der Waals surface area contributed by atoms with Crippen molar-refractivity contribution in [3.8, 4) is 5.75 Å². The van der Waals surface area contributed by atoms with Gasteiger partial charge in [-0.25, -0.2) is 4.39 Å². The Morgan fingerprint density at radius 3 is 2.33 bits per heavy atom. The first-order chi connectivity index (χ1) is 6.90. The number of halogens is 4. The number of carbonyl (C=O) groups is 1. The first kappa shape index (κ1) is 11.5. The second-order valence-electron chi connectivity index (χ2n) is 2.69. The fourth-order valence-electron chi connectivity index (χ4n) is 1.07. The zero-order chi connectivity index (χ0) is 11.6. The molecule has 6 heteroatoms. The Hall–Kier alpha value is -1.59. The van der Waals surface area contributed by atoms with E-state index in [0.29, 0.717) is 12.1 Å². The molecule has 0 heterocycles. The molecule has 0 unspecified atom stereocenters. The Bertz CT molecular complexity index is 384. The SMILES string of the molecule is COc1cc(C(F)(F)F)c(C=O)cc1F. The molecule has 1 aromatic carbocycles. The lowest BCUT2D eigenvalue weighted by Gasteiger charge is -2.11. The van der Waals surface area contributed by atoms with Crippen LogP contribution in [0.1, 0.15) is 15.9 Å². The van der Waals surface area contributed by atoms with Crippen LogP contribution in [-0.2, 0) is 6.18 Å². The predicted octanol–water partition coefficient (Wildman–Crippen LogP) is 2.67. The topological polar surface area (TPSA) is 26.3 Å². The standard InChI is InChI=1S/C9H6F4O2/c1-15-8-3-6(9(11,12)13)5(4-14)2-7(8)10/h2-4H,1H3. The van der Waals surface area contributed by atoms with Gasteiger partial charge >= 0.3 is 6.18 Å². The van der Waals surface area contributed by atoms with Crippen molar-refractivity contribution in [3.63, 3.8) is 0 Å². The molecule has 0 aliphatic rings. The highest BCUT2D eigenvalue weighted by Gasteiger charge is 2.34. The zero-order valence-corrected chi connectivity index (χ0v) is 7.56. The van der Waals surface area contributed by atoms with Gasteiger partial charge in [-0.2, -0.15) is 13.2 Å². The van der Waals surface area contributed by atoms with E-state index in [4.69, 9.17) is 0 Å². The van der Waals surface area contributed by atoms with Crippen LogP contribution in [0.5, 0.6) is 5.75 Å². The average Bonchev–Trinajstić information content (AvgIpc) is 2.15. The van der Waals surface area contributed by atoms with Crippen molar-refractivity contribution in [2.24, 2.45) is 0 Å². The maximum atomic E-state index is 13.0. The summed E-state index contributed by atoms with van der Waals surface area (Å²) in [6.45, 7) is 0. The smallest absolute Gasteiger partial charge is 0.417 e. The highest BCUT2D eigenvalue weighted by Crippen LogP contribution is 2.34. The number of methoxy groups -OCH3 is 1. The minimum absolute atomic E-state index is 0.0503. The summed E-state index contributed by atoms with van der Waals surface area (Å²) in [6.07, 6.45) is -4.76. The lowest BCUT2D eigenvalue weighted by atomic mass is 10.1. The summed E-state index contributed by atoms with van der Waals surface area (Å²) in [7, 11) is 1.04. The number of hydrogen-bond donors (Lipinski definition) is 0. The molecule has 0 bridgehead atoms. The quantitative estimate of drug-likeness (QED) is 0.568. The molecule has 15 heavy (non-hydrogen) atoms. The van der Waals surface area contributed by atoms with Crippen LogP contribution in [0.25, 0.3) is 0 Å². The molecule has 0 fully saturated rings. The number of rotatable bonds is 2. The molecule has 0 aliphatic heterocycles. The van der Waals surface area contributed by atoms with Crippen LogP contribution < -0.4 is 4.74 Å². The highest BCUT2D eigenvalue weighted by atomic mass is 19.4. The van der Waals surface area contributed by atoms with E-state index in [9.17, 15) is 22.4 Å². The van der Waals surface area contributed by atoms with Gasteiger partial charge in [0, 0.05) is 5.56 Å². The number of benzene rings is 1. The van der Waals surface area contributed by atoms with Crippen molar-refractivity contribution in [2.75, 3.05) is 7.11 Å². The van der Waals surface area contributed by atoms with E-state index >= 15 is 0 Å². The van der Waals surface area contributed by atoms with Crippen LogP contribution in [0.4, 0.5) is 17.6 Å². The molecular weight excluding hydrogens is 216 g/mol. The normalized spacial score (nSPS) is 11.3. The summed E-state index contributed by atoms with van der Waals surface area (Å²) < 4.78 is 54.4. The number of aldehydes is 1. The monoisotopic (exact) mass is 222 g/mol. The summed E-state index contributed by atoms with van der Waals surface area (Å²) in [6, 6.07) is 0.952. The molecule has 0 aliphatic carbocycles. The third kappa shape index (κ3) is 2.26. The van der Waals surface area contributed by atoms with Gasteiger partial charge in [-0.15, -0.1) is 0 Å². The molecule has 1 aromatic rings. The molecule has 2 nitrogen and oxygen atoms in total. The summed E-state index contributed by atoms with van der Waals surface area (Å²) >= 11 is 0. The first-order valence-corrected chi connectivity index (χ1v) is 3.80. The van der Waals surface area contributed by atoms with Gasteiger partial charge in [0.05, 0.1) is 12.7 Å².